The molecule has 0 N–H and O–H groups in total. The van der Waals surface area contributed by atoms with Crippen LogP contribution in [-0.2, 0) is 22.9 Å². The summed E-state index contributed by atoms with van der Waals surface area (Å²) < 4.78 is 29.2. The molecule has 5 rings (SSSR count). The van der Waals surface area contributed by atoms with Crippen LogP contribution in [-0.4, -0.2) is 48.9 Å². The van der Waals surface area contributed by atoms with Crippen molar-refractivity contribution in [3.05, 3.63) is 94.9 Å². The minimum absolute atomic E-state index is 0.380. The summed E-state index contributed by atoms with van der Waals surface area (Å²) in [5.74, 6) is 1.69. The average molecular weight is 515 g/mol. The molecule has 1 aliphatic heterocycles. The first-order valence-electron chi connectivity index (χ1n) is 13.0. The number of aromatic nitrogens is 2. The van der Waals surface area contributed by atoms with E-state index < -0.39 is 10.0 Å². The van der Waals surface area contributed by atoms with Crippen molar-refractivity contribution in [2.45, 2.75) is 44.9 Å². The van der Waals surface area contributed by atoms with E-state index in [-0.39, 0.29) is 0 Å². The summed E-state index contributed by atoms with van der Waals surface area (Å²) in [6.07, 6.45) is 2.32. The van der Waals surface area contributed by atoms with Crippen molar-refractivity contribution in [2.24, 2.45) is 0 Å². The van der Waals surface area contributed by atoms with Crippen LogP contribution in [0.25, 0.3) is 10.8 Å². The summed E-state index contributed by atoms with van der Waals surface area (Å²) in [6.45, 7) is 8.40. The summed E-state index contributed by atoms with van der Waals surface area (Å²) in [7, 11) is -3.63. The van der Waals surface area contributed by atoms with Crippen LogP contribution in [0.5, 0.6) is 0 Å². The molecule has 1 aliphatic rings. The van der Waals surface area contributed by atoms with Crippen molar-refractivity contribution < 1.29 is 8.42 Å². The third kappa shape index (κ3) is 5.24. The van der Waals surface area contributed by atoms with E-state index in [1.54, 1.807) is 10.4 Å². The molecule has 0 aliphatic carbocycles. The van der Waals surface area contributed by atoms with Crippen molar-refractivity contribution in [1.29, 1.82) is 0 Å². The molecule has 6 nitrogen and oxygen atoms in total. The number of nitrogens with zero attached hydrogens (tertiary/aromatic N) is 4. The number of hydrogen-bond acceptors (Lipinski definition) is 5. The number of anilines is 1. The van der Waals surface area contributed by atoms with Gasteiger partial charge in [0.25, 0.3) is 0 Å². The number of sulfonamides is 1. The maximum Gasteiger partial charge on any atom is 0.243 e. The van der Waals surface area contributed by atoms with Gasteiger partial charge in [0, 0.05) is 49.2 Å². The lowest BCUT2D eigenvalue weighted by molar-refractivity contribution is 0.433. The van der Waals surface area contributed by atoms with Gasteiger partial charge in [0.2, 0.25) is 10.0 Å². The molecule has 0 spiro atoms. The monoisotopic (exact) mass is 514 g/mol. The lowest BCUT2D eigenvalue weighted by atomic mass is 10.0. The van der Waals surface area contributed by atoms with Gasteiger partial charge in [-0.25, -0.2) is 18.4 Å². The third-order valence-corrected chi connectivity index (χ3v) is 9.10. The lowest BCUT2D eigenvalue weighted by Crippen LogP contribution is -2.36. The molecule has 1 saturated heterocycles. The molecule has 0 radical (unpaired) electrons. The number of hydrogen-bond donors (Lipinski definition) is 0. The van der Waals surface area contributed by atoms with E-state index in [2.05, 4.69) is 43.0 Å². The Labute approximate surface area is 220 Å². The molecule has 37 heavy (non-hydrogen) atoms. The average Bonchev–Trinajstić information content (AvgIpc) is 3.17. The SMILES string of the molecule is CCc1nc(C)nc(N2CCCN(S(=O)(=O)c3cccc4ccccc34)CC2)c1Cc1ccc(C)cc1. The van der Waals surface area contributed by atoms with Crippen LogP contribution in [0.15, 0.2) is 71.6 Å². The predicted octanol–water partition coefficient (Wildman–Crippen LogP) is 5.30. The number of aryl methyl sites for hydroxylation is 3. The Morgan fingerprint density at radius 3 is 2.38 bits per heavy atom. The molecule has 1 aromatic heterocycles. The Kier molecular flexibility index (Phi) is 7.26. The first-order chi connectivity index (χ1) is 17.9. The van der Waals surface area contributed by atoms with Crippen molar-refractivity contribution in [1.82, 2.24) is 14.3 Å². The molecule has 0 bridgehead atoms. The maximum atomic E-state index is 13.8. The Morgan fingerprint density at radius 2 is 1.59 bits per heavy atom. The fraction of sp³-hybridized carbons (Fsp3) is 0.333. The summed E-state index contributed by atoms with van der Waals surface area (Å²) >= 11 is 0. The van der Waals surface area contributed by atoms with Crippen LogP contribution < -0.4 is 4.90 Å². The van der Waals surface area contributed by atoms with Gasteiger partial charge < -0.3 is 4.90 Å². The lowest BCUT2D eigenvalue weighted by Gasteiger charge is -2.26. The molecule has 4 aromatic rings. The second-order valence-electron chi connectivity index (χ2n) is 9.76. The Hall–Kier alpha value is -3.29. The van der Waals surface area contributed by atoms with Crippen molar-refractivity contribution in [3.8, 4) is 0 Å². The highest BCUT2D eigenvalue weighted by Crippen LogP contribution is 2.29. The number of fused-ring (bicyclic) bond motifs is 1. The van der Waals surface area contributed by atoms with E-state index in [9.17, 15) is 8.42 Å². The molecule has 1 fully saturated rings. The highest BCUT2D eigenvalue weighted by atomic mass is 32.2. The molecular formula is C30H34N4O2S. The van der Waals surface area contributed by atoms with E-state index >= 15 is 0 Å². The van der Waals surface area contributed by atoms with Crippen molar-refractivity contribution in [2.75, 3.05) is 31.1 Å². The summed E-state index contributed by atoms with van der Waals surface area (Å²) in [5, 5.41) is 1.70. The van der Waals surface area contributed by atoms with Gasteiger partial charge in [-0.1, -0.05) is 73.2 Å². The molecule has 0 saturated carbocycles. The van der Waals surface area contributed by atoms with Gasteiger partial charge in [-0.05, 0) is 43.7 Å². The maximum absolute atomic E-state index is 13.8. The molecule has 7 heteroatoms. The second kappa shape index (κ2) is 10.6. The number of benzene rings is 3. The predicted molar refractivity (Wildman–Crippen MR) is 150 cm³/mol. The Morgan fingerprint density at radius 1 is 0.838 bits per heavy atom. The van der Waals surface area contributed by atoms with Gasteiger partial charge in [-0.3, -0.25) is 0 Å². The fourth-order valence-corrected chi connectivity index (χ4v) is 6.87. The van der Waals surface area contributed by atoms with E-state index in [1.165, 1.54) is 11.1 Å². The van der Waals surface area contributed by atoms with Crippen LogP contribution >= 0.6 is 0 Å². The normalized spacial score (nSPS) is 15.2. The summed E-state index contributed by atoms with van der Waals surface area (Å²) in [5.41, 5.74) is 4.67. The zero-order valence-corrected chi connectivity index (χ0v) is 22.6. The highest BCUT2D eigenvalue weighted by Gasteiger charge is 2.29. The van der Waals surface area contributed by atoms with Gasteiger partial charge >= 0.3 is 0 Å². The van der Waals surface area contributed by atoms with Gasteiger partial charge in [-0.2, -0.15) is 4.31 Å². The highest BCUT2D eigenvalue weighted by molar-refractivity contribution is 7.89. The van der Waals surface area contributed by atoms with Gasteiger partial charge in [-0.15, -0.1) is 0 Å². The topological polar surface area (TPSA) is 66.4 Å². The fourth-order valence-electron chi connectivity index (χ4n) is 5.19. The molecule has 192 valence electrons. The second-order valence-corrected chi connectivity index (χ2v) is 11.7. The zero-order chi connectivity index (χ0) is 26.0. The largest absolute Gasteiger partial charge is 0.355 e. The smallest absolute Gasteiger partial charge is 0.243 e. The Balaban J connectivity index is 1.44. The molecule has 3 aromatic carbocycles. The first kappa shape index (κ1) is 25.4. The van der Waals surface area contributed by atoms with Crippen molar-refractivity contribution >= 4 is 26.6 Å². The minimum Gasteiger partial charge on any atom is -0.355 e. The van der Waals surface area contributed by atoms with Crippen LogP contribution in [0.4, 0.5) is 5.82 Å². The molecular weight excluding hydrogens is 480 g/mol. The van der Waals surface area contributed by atoms with E-state index in [0.29, 0.717) is 24.5 Å². The molecule has 2 heterocycles. The third-order valence-electron chi connectivity index (χ3n) is 7.14. The zero-order valence-electron chi connectivity index (χ0n) is 21.8. The van der Waals surface area contributed by atoms with Crippen molar-refractivity contribution in [3.63, 3.8) is 0 Å². The quantitative estimate of drug-likeness (QED) is 0.349. The number of rotatable bonds is 6. The van der Waals surface area contributed by atoms with Gasteiger partial charge in [0.05, 0.1) is 4.90 Å². The summed E-state index contributed by atoms with van der Waals surface area (Å²) in [4.78, 5) is 12.3. The van der Waals surface area contributed by atoms with Crippen LogP contribution in [0.2, 0.25) is 0 Å². The molecule has 0 amide bonds. The van der Waals surface area contributed by atoms with Crippen LogP contribution in [0, 0.1) is 13.8 Å². The van der Waals surface area contributed by atoms with E-state index in [1.807, 2.05) is 43.3 Å². The summed E-state index contributed by atoms with van der Waals surface area (Å²) in [6, 6.07) is 21.8. The van der Waals surface area contributed by atoms with Gasteiger partial charge in [0.15, 0.2) is 0 Å². The van der Waals surface area contributed by atoms with Gasteiger partial charge in [0.1, 0.15) is 11.6 Å². The van der Waals surface area contributed by atoms with E-state index in [4.69, 9.17) is 9.97 Å². The van der Waals surface area contributed by atoms with Crippen LogP contribution in [0.3, 0.4) is 0 Å². The first-order valence-corrected chi connectivity index (χ1v) is 14.5. The minimum atomic E-state index is -3.63. The Bertz CT molecular complexity index is 1510. The molecule has 0 unspecified atom stereocenters. The van der Waals surface area contributed by atoms with Crippen LogP contribution in [0.1, 0.15) is 41.6 Å². The molecule has 0 atom stereocenters. The van der Waals surface area contributed by atoms with E-state index in [0.717, 1.165) is 59.5 Å². The standard InChI is InChI=1S/C30H34N4O2S/c1-4-28-27(21-24-15-13-22(2)14-16-24)30(32-23(3)31-28)33-17-8-18-34(20-19-33)37(35,36)29-12-7-10-25-9-5-6-11-26(25)29/h5-7,9-16H,4,8,17-21H2,1-3H3.